The Morgan fingerprint density at radius 3 is 2.56 bits per heavy atom. The van der Waals surface area contributed by atoms with Crippen molar-refractivity contribution in [3.63, 3.8) is 0 Å². The first-order valence-corrected chi connectivity index (χ1v) is 5.66. The van der Waals surface area contributed by atoms with Gasteiger partial charge in [-0.15, -0.1) is 0 Å². The van der Waals surface area contributed by atoms with Gasteiger partial charge in [0.2, 0.25) is 0 Å². The van der Waals surface area contributed by atoms with Crippen molar-refractivity contribution in [1.29, 1.82) is 5.26 Å². The smallest absolute Gasteiger partial charge is 0.127 e. The van der Waals surface area contributed by atoms with Gasteiger partial charge >= 0.3 is 0 Å². The molecule has 0 bridgehead atoms. The molecule has 0 fully saturated rings. The number of halogens is 1. The molecular formula is C12H10BrN3. The fraction of sp³-hybridized carbons (Fsp3) is 0.167. The van der Waals surface area contributed by atoms with Gasteiger partial charge in [-0.2, -0.15) is 5.26 Å². The third kappa shape index (κ3) is 2.15. The minimum atomic E-state index is 0.687. The van der Waals surface area contributed by atoms with E-state index in [4.69, 9.17) is 5.26 Å². The molecule has 2 rings (SSSR count). The Labute approximate surface area is 102 Å². The SMILES string of the molecule is Cc1c(Br)ncn1Cc1ccc(C#N)cc1. The maximum Gasteiger partial charge on any atom is 0.127 e. The van der Waals surface area contributed by atoms with Crippen LogP contribution in [0.25, 0.3) is 0 Å². The monoisotopic (exact) mass is 275 g/mol. The molecule has 0 atom stereocenters. The summed E-state index contributed by atoms with van der Waals surface area (Å²) in [5.41, 5.74) is 2.95. The van der Waals surface area contributed by atoms with Gasteiger partial charge < -0.3 is 4.57 Å². The van der Waals surface area contributed by atoms with Gasteiger partial charge in [0.25, 0.3) is 0 Å². The van der Waals surface area contributed by atoms with Gasteiger partial charge in [0.15, 0.2) is 0 Å². The van der Waals surface area contributed by atoms with Crippen LogP contribution in [0, 0.1) is 18.3 Å². The molecule has 2 aromatic rings. The van der Waals surface area contributed by atoms with Crippen LogP contribution >= 0.6 is 15.9 Å². The quantitative estimate of drug-likeness (QED) is 0.846. The summed E-state index contributed by atoms with van der Waals surface area (Å²) in [6, 6.07) is 9.70. The van der Waals surface area contributed by atoms with E-state index in [1.165, 1.54) is 0 Å². The Morgan fingerprint density at radius 1 is 1.38 bits per heavy atom. The molecule has 0 unspecified atom stereocenters. The summed E-state index contributed by atoms with van der Waals surface area (Å²) in [7, 11) is 0. The lowest BCUT2D eigenvalue weighted by molar-refractivity contribution is 0.769. The molecule has 0 radical (unpaired) electrons. The summed E-state index contributed by atoms with van der Waals surface area (Å²) >= 11 is 3.38. The lowest BCUT2D eigenvalue weighted by atomic mass is 10.1. The molecule has 0 N–H and O–H groups in total. The second-order valence-electron chi connectivity index (χ2n) is 3.56. The summed E-state index contributed by atoms with van der Waals surface area (Å²) in [6.45, 7) is 2.79. The third-order valence-corrected chi connectivity index (χ3v) is 3.25. The highest BCUT2D eigenvalue weighted by Gasteiger charge is 2.03. The van der Waals surface area contributed by atoms with Gasteiger partial charge in [-0.05, 0) is 40.5 Å². The maximum absolute atomic E-state index is 8.69. The van der Waals surface area contributed by atoms with Crippen LogP contribution in [0.15, 0.2) is 35.2 Å². The van der Waals surface area contributed by atoms with E-state index < -0.39 is 0 Å². The van der Waals surface area contributed by atoms with Gasteiger partial charge in [0, 0.05) is 12.2 Å². The summed E-state index contributed by atoms with van der Waals surface area (Å²) < 4.78 is 2.94. The number of imidazole rings is 1. The van der Waals surface area contributed by atoms with E-state index in [-0.39, 0.29) is 0 Å². The minimum Gasteiger partial charge on any atom is -0.329 e. The third-order valence-electron chi connectivity index (χ3n) is 2.48. The topological polar surface area (TPSA) is 41.6 Å². The maximum atomic E-state index is 8.69. The Kier molecular flexibility index (Phi) is 3.07. The van der Waals surface area contributed by atoms with Gasteiger partial charge in [-0.25, -0.2) is 4.98 Å². The zero-order chi connectivity index (χ0) is 11.5. The molecule has 16 heavy (non-hydrogen) atoms. The van der Waals surface area contributed by atoms with Crippen molar-refractivity contribution in [1.82, 2.24) is 9.55 Å². The Morgan fingerprint density at radius 2 is 2.06 bits per heavy atom. The second-order valence-corrected chi connectivity index (χ2v) is 4.31. The first-order valence-electron chi connectivity index (χ1n) is 4.87. The van der Waals surface area contributed by atoms with Crippen LogP contribution in [0.4, 0.5) is 0 Å². The minimum absolute atomic E-state index is 0.687. The van der Waals surface area contributed by atoms with Crippen molar-refractivity contribution < 1.29 is 0 Å². The lowest BCUT2D eigenvalue weighted by Crippen LogP contribution is -2.00. The number of nitrogens with zero attached hydrogens (tertiary/aromatic N) is 3. The molecule has 0 saturated carbocycles. The van der Waals surface area contributed by atoms with Crippen LogP contribution in [-0.2, 0) is 6.54 Å². The van der Waals surface area contributed by atoms with E-state index in [9.17, 15) is 0 Å². The normalized spacial score (nSPS) is 10.1. The van der Waals surface area contributed by atoms with Crippen LogP contribution in [-0.4, -0.2) is 9.55 Å². The lowest BCUT2D eigenvalue weighted by Gasteiger charge is -2.05. The van der Waals surface area contributed by atoms with Crippen molar-refractivity contribution in [3.05, 3.63) is 52.0 Å². The molecule has 1 aromatic carbocycles. The molecule has 1 heterocycles. The standard InChI is InChI=1S/C12H10BrN3/c1-9-12(13)15-8-16(9)7-11-4-2-10(6-14)3-5-11/h2-5,8H,7H2,1H3. The largest absolute Gasteiger partial charge is 0.329 e. The molecule has 3 nitrogen and oxygen atoms in total. The Hall–Kier alpha value is -1.60. The number of benzene rings is 1. The van der Waals surface area contributed by atoms with Crippen molar-refractivity contribution in [3.8, 4) is 6.07 Å². The molecule has 4 heteroatoms. The molecule has 0 saturated heterocycles. The van der Waals surface area contributed by atoms with Gasteiger partial charge in [-0.3, -0.25) is 0 Å². The summed E-state index contributed by atoms with van der Waals surface area (Å²) in [5, 5.41) is 8.69. The molecule has 80 valence electrons. The average molecular weight is 276 g/mol. The Bertz CT molecular complexity index is 534. The van der Waals surface area contributed by atoms with Crippen LogP contribution in [0.3, 0.4) is 0 Å². The molecule has 0 amide bonds. The van der Waals surface area contributed by atoms with Gasteiger partial charge in [0.1, 0.15) is 4.60 Å². The number of nitriles is 1. The Balaban J connectivity index is 2.21. The number of rotatable bonds is 2. The van der Waals surface area contributed by atoms with Crippen molar-refractivity contribution in [2.24, 2.45) is 0 Å². The van der Waals surface area contributed by atoms with Crippen molar-refractivity contribution >= 4 is 15.9 Å². The zero-order valence-corrected chi connectivity index (χ0v) is 10.4. The highest BCUT2D eigenvalue weighted by molar-refractivity contribution is 9.10. The number of hydrogen-bond donors (Lipinski definition) is 0. The molecular weight excluding hydrogens is 266 g/mol. The van der Waals surface area contributed by atoms with E-state index in [1.807, 2.05) is 31.2 Å². The second kappa shape index (κ2) is 4.50. The van der Waals surface area contributed by atoms with E-state index in [0.29, 0.717) is 5.56 Å². The van der Waals surface area contributed by atoms with E-state index in [1.54, 1.807) is 6.33 Å². The van der Waals surface area contributed by atoms with Crippen molar-refractivity contribution in [2.75, 3.05) is 0 Å². The fourth-order valence-corrected chi connectivity index (χ4v) is 1.78. The van der Waals surface area contributed by atoms with Crippen LogP contribution in [0.5, 0.6) is 0 Å². The van der Waals surface area contributed by atoms with Gasteiger partial charge in [-0.1, -0.05) is 12.1 Å². The molecule has 0 spiro atoms. The van der Waals surface area contributed by atoms with Crippen LogP contribution in [0.2, 0.25) is 0 Å². The summed E-state index contributed by atoms with van der Waals surface area (Å²) in [6.07, 6.45) is 1.80. The highest BCUT2D eigenvalue weighted by atomic mass is 79.9. The molecule has 0 aliphatic carbocycles. The molecule has 1 aromatic heterocycles. The highest BCUT2D eigenvalue weighted by Crippen LogP contribution is 2.14. The zero-order valence-electron chi connectivity index (χ0n) is 8.81. The molecule has 0 aliphatic heterocycles. The predicted molar refractivity (Wildman–Crippen MR) is 64.9 cm³/mol. The van der Waals surface area contributed by atoms with E-state index in [0.717, 1.165) is 22.4 Å². The predicted octanol–water partition coefficient (Wildman–Crippen LogP) is 2.87. The summed E-state index contributed by atoms with van der Waals surface area (Å²) in [4.78, 5) is 4.17. The fourth-order valence-electron chi connectivity index (χ4n) is 1.46. The van der Waals surface area contributed by atoms with Crippen LogP contribution in [0.1, 0.15) is 16.8 Å². The average Bonchev–Trinajstić information content (AvgIpc) is 2.62. The first-order chi connectivity index (χ1) is 7.70. The molecule has 0 aliphatic rings. The van der Waals surface area contributed by atoms with Crippen LogP contribution < -0.4 is 0 Å². The first kappa shape index (κ1) is 10.9. The van der Waals surface area contributed by atoms with E-state index in [2.05, 4.69) is 31.6 Å². The number of hydrogen-bond acceptors (Lipinski definition) is 2. The van der Waals surface area contributed by atoms with Crippen molar-refractivity contribution in [2.45, 2.75) is 13.5 Å². The van der Waals surface area contributed by atoms with E-state index >= 15 is 0 Å². The summed E-state index contributed by atoms with van der Waals surface area (Å²) in [5.74, 6) is 0. The van der Waals surface area contributed by atoms with Gasteiger partial charge in [0.05, 0.1) is 18.0 Å². The number of aromatic nitrogens is 2.